The Hall–Kier alpha value is -1.50. The average Bonchev–Trinajstić information content (AvgIpc) is 2.67. The minimum absolute atomic E-state index is 0.0668. The Balaban J connectivity index is 2.72. The van der Waals surface area contributed by atoms with Crippen molar-refractivity contribution in [2.45, 2.75) is 0 Å². The number of anilines is 1. The van der Waals surface area contributed by atoms with E-state index in [0.717, 1.165) is 6.20 Å². The number of halogens is 4. The second-order valence-corrected chi connectivity index (χ2v) is 3.74. The summed E-state index contributed by atoms with van der Waals surface area (Å²) in [7, 11) is 0. The van der Waals surface area contributed by atoms with Crippen molar-refractivity contribution in [3.05, 3.63) is 34.2 Å². The van der Waals surface area contributed by atoms with Crippen molar-refractivity contribution in [2.75, 3.05) is 5.73 Å². The Bertz CT molecular complexity index is 556. The van der Waals surface area contributed by atoms with Crippen molar-refractivity contribution in [2.24, 2.45) is 0 Å². The lowest BCUT2D eigenvalue weighted by Gasteiger charge is -2.04. The first-order valence-electron chi connectivity index (χ1n) is 4.06. The topological polar surface area (TPSA) is 52.0 Å². The maximum atomic E-state index is 13.6. The summed E-state index contributed by atoms with van der Waals surface area (Å²) in [6.45, 7) is 0. The Morgan fingerprint density at radius 1 is 1.19 bits per heavy atom. The quantitative estimate of drug-likeness (QED) is 0.649. The third-order valence-electron chi connectivity index (χ3n) is 1.99. The monoisotopic (exact) mass is 292 g/mol. The maximum Gasteiger partial charge on any atom is 0.230 e. The highest BCUT2D eigenvalue weighted by Gasteiger charge is 2.20. The SMILES string of the molecule is Nc1oncc1-c1cc(F)c(F)c(Br)c1F. The van der Waals surface area contributed by atoms with Gasteiger partial charge in [0.2, 0.25) is 5.88 Å². The lowest BCUT2D eigenvalue weighted by atomic mass is 10.1. The Labute approximate surface area is 96.2 Å². The van der Waals surface area contributed by atoms with Gasteiger partial charge in [-0.25, -0.2) is 13.2 Å². The van der Waals surface area contributed by atoms with Crippen LogP contribution >= 0.6 is 15.9 Å². The number of nitrogens with zero attached hydrogens (tertiary/aromatic N) is 1. The smallest absolute Gasteiger partial charge is 0.230 e. The van der Waals surface area contributed by atoms with Gasteiger partial charge in [0, 0.05) is 5.56 Å². The maximum absolute atomic E-state index is 13.6. The largest absolute Gasteiger partial charge is 0.367 e. The molecule has 0 fully saturated rings. The van der Waals surface area contributed by atoms with Crippen LogP contribution in [0.5, 0.6) is 0 Å². The number of aromatic nitrogens is 1. The van der Waals surface area contributed by atoms with Crippen molar-refractivity contribution in [3.63, 3.8) is 0 Å². The fourth-order valence-electron chi connectivity index (χ4n) is 1.22. The number of hydrogen-bond acceptors (Lipinski definition) is 3. The Morgan fingerprint density at radius 2 is 1.88 bits per heavy atom. The second kappa shape index (κ2) is 3.82. The van der Waals surface area contributed by atoms with Gasteiger partial charge in [-0.3, -0.25) is 0 Å². The van der Waals surface area contributed by atoms with E-state index in [-0.39, 0.29) is 17.0 Å². The first-order chi connectivity index (χ1) is 7.52. The third kappa shape index (κ3) is 1.57. The summed E-state index contributed by atoms with van der Waals surface area (Å²) in [5.74, 6) is -3.62. The number of rotatable bonds is 1. The molecular weight excluding hydrogens is 289 g/mol. The fourth-order valence-corrected chi connectivity index (χ4v) is 1.62. The van der Waals surface area contributed by atoms with Gasteiger partial charge >= 0.3 is 0 Å². The van der Waals surface area contributed by atoms with Crippen LogP contribution in [0.2, 0.25) is 0 Å². The molecule has 0 aliphatic heterocycles. The fraction of sp³-hybridized carbons (Fsp3) is 0. The van der Waals surface area contributed by atoms with Crippen LogP contribution in [0.4, 0.5) is 19.1 Å². The summed E-state index contributed by atoms with van der Waals surface area (Å²) >= 11 is 2.61. The molecule has 0 aliphatic carbocycles. The van der Waals surface area contributed by atoms with Crippen LogP contribution < -0.4 is 5.73 Å². The van der Waals surface area contributed by atoms with Gasteiger partial charge in [-0.1, -0.05) is 5.16 Å². The van der Waals surface area contributed by atoms with E-state index in [1.807, 2.05) is 0 Å². The van der Waals surface area contributed by atoms with Gasteiger partial charge in [0.05, 0.1) is 16.2 Å². The van der Waals surface area contributed by atoms with Gasteiger partial charge in [-0.2, -0.15) is 0 Å². The van der Waals surface area contributed by atoms with Crippen molar-refractivity contribution in [1.82, 2.24) is 5.16 Å². The summed E-state index contributed by atoms with van der Waals surface area (Å²) in [6, 6.07) is 0.693. The zero-order valence-electron chi connectivity index (χ0n) is 7.60. The Kier molecular flexibility index (Phi) is 2.63. The van der Waals surface area contributed by atoms with E-state index in [9.17, 15) is 13.2 Å². The zero-order chi connectivity index (χ0) is 11.9. The van der Waals surface area contributed by atoms with Crippen LogP contribution in [0.1, 0.15) is 0 Å². The third-order valence-corrected chi connectivity index (χ3v) is 2.69. The van der Waals surface area contributed by atoms with Crippen molar-refractivity contribution < 1.29 is 17.7 Å². The molecule has 0 aliphatic rings. The molecule has 1 aromatic carbocycles. The predicted molar refractivity (Wildman–Crippen MR) is 53.9 cm³/mol. The van der Waals surface area contributed by atoms with Crippen molar-refractivity contribution >= 4 is 21.8 Å². The van der Waals surface area contributed by atoms with E-state index in [0.29, 0.717) is 6.07 Å². The molecule has 0 unspecified atom stereocenters. The normalized spacial score (nSPS) is 10.8. The number of nitrogens with two attached hydrogens (primary N) is 1. The van der Waals surface area contributed by atoms with Gasteiger partial charge in [-0.15, -0.1) is 0 Å². The van der Waals surface area contributed by atoms with Gasteiger partial charge in [-0.05, 0) is 22.0 Å². The van der Waals surface area contributed by atoms with Crippen LogP contribution in [0, 0.1) is 17.5 Å². The van der Waals surface area contributed by atoms with E-state index < -0.39 is 21.9 Å². The van der Waals surface area contributed by atoms with Crippen molar-refractivity contribution in [1.29, 1.82) is 0 Å². The molecule has 0 radical (unpaired) electrons. The molecule has 1 aromatic heterocycles. The highest BCUT2D eigenvalue weighted by atomic mass is 79.9. The van der Waals surface area contributed by atoms with Gasteiger partial charge in [0.25, 0.3) is 0 Å². The minimum atomic E-state index is -1.30. The molecular formula is C9H4BrF3N2O. The molecule has 2 rings (SSSR count). The number of benzene rings is 1. The van der Waals surface area contributed by atoms with Gasteiger partial charge in [0.15, 0.2) is 11.6 Å². The van der Waals surface area contributed by atoms with E-state index in [2.05, 4.69) is 25.6 Å². The van der Waals surface area contributed by atoms with Crippen LogP contribution in [-0.2, 0) is 0 Å². The van der Waals surface area contributed by atoms with Crippen LogP contribution in [0.3, 0.4) is 0 Å². The van der Waals surface area contributed by atoms with Crippen LogP contribution in [0.25, 0.3) is 11.1 Å². The molecule has 3 nitrogen and oxygen atoms in total. The predicted octanol–water partition coefficient (Wildman–Crippen LogP) is 3.10. The molecule has 0 saturated carbocycles. The zero-order valence-corrected chi connectivity index (χ0v) is 9.19. The summed E-state index contributed by atoms with van der Waals surface area (Å²) in [6.07, 6.45) is 1.12. The number of nitrogen functional groups attached to an aromatic ring is 1. The van der Waals surface area contributed by atoms with Crippen LogP contribution in [-0.4, -0.2) is 5.16 Å². The molecule has 16 heavy (non-hydrogen) atoms. The lowest BCUT2D eigenvalue weighted by molar-refractivity contribution is 0.436. The van der Waals surface area contributed by atoms with Crippen molar-refractivity contribution in [3.8, 4) is 11.1 Å². The molecule has 2 N–H and O–H groups in total. The standard InChI is InChI=1S/C9H4BrF3N2O/c10-6-7(12)3(1-5(11)8(6)13)4-2-15-16-9(4)14/h1-2H,14H2. The number of hydrogen-bond donors (Lipinski definition) is 1. The molecule has 0 spiro atoms. The highest BCUT2D eigenvalue weighted by molar-refractivity contribution is 9.10. The van der Waals surface area contributed by atoms with Crippen LogP contribution in [0.15, 0.2) is 21.3 Å². The van der Waals surface area contributed by atoms with E-state index in [1.165, 1.54) is 0 Å². The molecule has 0 saturated heterocycles. The molecule has 0 atom stereocenters. The summed E-state index contributed by atoms with van der Waals surface area (Å²) in [4.78, 5) is 0. The Morgan fingerprint density at radius 3 is 2.44 bits per heavy atom. The molecule has 0 amide bonds. The summed E-state index contributed by atoms with van der Waals surface area (Å²) in [5.41, 5.74) is 5.20. The minimum Gasteiger partial charge on any atom is -0.367 e. The molecule has 2 aromatic rings. The summed E-state index contributed by atoms with van der Waals surface area (Å²) in [5, 5.41) is 3.32. The van der Waals surface area contributed by atoms with Gasteiger partial charge in [0.1, 0.15) is 5.82 Å². The summed E-state index contributed by atoms with van der Waals surface area (Å²) < 4.78 is 43.6. The molecule has 84 valence electrons. The highest BCUT2D eigenvalue weighted by Crippen LogP contribution is 2.34. The lowest BCUT2D eigenvalue weighted by Crippen LogP contribution is -1.95. The molecule has 1 heterocycles. The molecule has 0 bridgehead atoms. The average molecular weight is 293 g/mol. The van der Waals surface area contributed by atoms with E-state index >= 15 is 0 Å². The van der Waals surface area contributed by atoms with E-state index in [4.69, 9.17) is 5.73 Å². The molecule has 7 heteroatoms. The first kappa shape index (κ1) is 11.0. The first-order valence-corrected chi connectivity index (χ1v) is 4.85. The second-order valence-electron chi connectivity index (χ2n) is 2.95. The van der Waals surface area contributed by atoms with E-state index in [1.54, 1.807) is 0 Å². The van der Waals surface area contributed by atoms with Gasteiger partial charge < -0.3 is 10.3 Å².